The Bertz CT molecular complexity index is 469. The molecule has 1 aromatic rings. The average Bonchev–Trinajstić information content (AvgIpc) is 2.52. The molecule has 116 valence electrons. The molecule has 1 unspecified atom stereocenters. The molecule has 2 fully saturated rings. The molecule has 2 aliphatic heterocycles. The van der Waals surface area contributed by atoms with Crippen LogP contribution < -0.4 is 4.90 Å². The third-order valence-electron chi connectivity index (χ3n) is 4.07. The molecule has 1 aromatic heterocycles. The van der Waals surface area contributed by atoms with Gasteiger partial charge in [-0.2, -0.15) is 0 Å². The maximum atomic E-state index is 5.72. The lowest BCUT2D eigenvalue weighted by Crippen LogP contribution is -2.50. The normalized spacial score (nSPS) is 24.3. The van der Waals surface area contributed by atoms with Crippen LogP contribution in [0.3, 0.4) is 0 Å². The van der Waals surface area contributed by atoms with Crippen LogP contribution in [-0.2, 0) is 9.47 Å². The lowest BCUT2D eigenvalue weighted by Gasteiger charge is -2.37. The van der Waals surface area contributed by atoms with Gasteiger partial charge in [0.1, 0.15) is 5.82 Å². The zero-order valence-electron chi connectivity index (χ0n) is 12.9. The van der Waals surface area contributed by atoms with E-state index >= 15 is 0 Å². The highest BCUT2D eigenvalue weighted by Gasteiger charge is 2.23. The largest absolute Gasteiger partial charge is 0.376 e. The van der Waals surface area contributed by atoms with E-state index in [1.165, 1.54) is 0 Å². The van der Waals surface area contributed by atoms with Crippen LogP contribution in [-0.4, -0.2) is 73.5 Å². The minimum atomic E-state index is 0.228. The Kier molecular flexibility index (Phi) is 4.67. The number of piperazine rings is 1. The average molecular weight is 292 g/mol. The van der Waals surface area contributed by atoms with Crippen molar-refractivity contribution in [2.75, 3.05) is 57.4 Å². The van der Waals surface area contributed by atoms with E-state index in [9.17, 15) is 0 Å². The maximum Gasteiger partial charge on any atom is 0.150 e. The number of hydrogen-bond donors (Lipinski definition) is 0. The van der Waals surface area contributed by atoms with Crippen LogP contribution in [0.4, 0.5) is 5.82 Å². The Morgan fingerprint density at radius 3 is 2.71 bits per heavy atom. The molecule has 2 saturated heterocycles. The minimum absolute atomic E-state index is 0.228. The van der Waals surface area contributed by atoms with Gasteiger partial charge in [-0.05, 0) is 13.8 Å². The molecule has 0 spiro atoms. The summed E-state index contributed by atoms with van der Waals surface area (Å²) < 4.78 is 11.2. The molecule has 21 heavy (non-hydrogen) atoms. The van der Waals surface area contributed by atoms with Crippen molar-refractivity contribution < 1.29 is 9.47 Å². The van der Waals surface area contributed by atoms with Crippen molar-refractivity contribution in [2.24, 2.45) is 0 Å². The van der Waals surface area contributed by atoms with E-state index in [0.29, 0.717) is 0 Å². The molecule has 0 amide bonds. The Hall–Kier alpha value is -1.24. The number of rotatable bonds is 3. The van der Waals surface area contributed by atoms with Gasteiger partial charge in [-0.3, -0.25) is 9.88 Å². The van der Waals surface area contributed by atoms with Gasteiger partial charge in [-0.15, -0.1) is 0 Å². The van der Waals surface area contributed by atoms with E-state index in [2.05, 4.69) is 19.8 Å². The lowest BCUT2D eigenvalue weighted by atomic mass is 10.2. The summed E-state index contributed by atoms with van der Waals surface area (Å²) in [5.41, 5.74) is 1.99. The lowest BCUT2D eigenvalue weighted by molar-refractivity contribution is -0.0977. The van der Waals surface area contributed by atoms with Gasteiger partial charge in [-0.25, -0.2) is 4.98 Å². The van der Waals surface area contributed by atoms with Crippen LogP contribution in [0.1, 0.15) is 11.4 Å². The highest BCUT2D eigenvalue weighted by molar-refractivity contribution is 5.43. The van der Waals surface area contributed by atoms with Crippen LogP contribution in [0.15, 0.2) is 6.20 Å². The fourth-order valence-corrected chi connectivity index (χ4v) is 2.90. The number of aromatic nitrogens is 2. The second-order valence-corrected chi connectivity index (χ2v) is 5.78. The first-order chi connectivity index (χ1) is 10.2. The third kappa shape index (κ3) is 3.70. The Morgan fingerprint density at radius 1 is 1.19 bits per heavy atom. The highest BCUT2D eigenvalue weighted by Crippen LogP contribution is 2.17. The quantitative estimate of drug-likeness (QED) is 0.814. The second-order valence-electron chi connectivity index (χ2n) is 5.78. The summed E-state index contributed by atoms with van der Waals surface area (Å²) in [6.07, 6.45) is 2.06. The molecule has 2 aliphatic rings. The summed E-state index contributed by atoms with van der Waals surface area (Å²) in [5.74, 6) is 1.03. The van der Waals surface area contributed by atoms with Gasteiger partial charge in [0.15, 0.2) is 0 Å². The summed E-state index contributed by atoms with van der Waals surface area (Å²) in [6, 6.07) is 0. The van der Waals surface area contributed by atoms with Crippen LogP contribution in [0.5, 0.6) is 0 Å². The monoisotopic (exact) mass is 292 g/mol. The van der Waals surface area contributed by atoms with Crippen molar-refractivity contribution >= 4 is 5.82 Å². The summed E-state index contributed by atoms with van der Waals surface area (Å²) in [7, 11) is 0. The number of anilines is 1. The molecule has 0 aromatic carbocycles. The van der Waals surface area contributed by atoms with Crippen LogP contribution in [0.25, 0.3) is 0 Å². The fraction of sp³-hybridized carbons (Fsp3) is 0.733. The molecular formula is C15H24N4O2. The van der Waals surface area contributed by atoms with Gasteiger partial charge in [0, 0.05) is 38.9 Å². The van der Waals surface area contributed by atoms with Crippen LogP contribution in [0, 0.1) is 13.8 Å². The Morgan fingerprint density at radius 2 is 2.00 bits per heavy atom. The molecule has 0 saturated carbocycles. The van der Waals surface area contributed by atoms with Crippen molar-refractivity contribution in [3.63, 3.8) is 0 Å². The molecule has 3 heterocycles. The third-order valence-corrected chi connectivity index (χ3v) is 4.07. The van der Waals surface area contributed by atoms with Crippen molar-refractivity contribution in [3.8, 4) is 0 Å². The first-order valence-corrected chi connectivity index (χ1v) is 7.69. The smallest absolute Gasteiger partial charge is 0.150 e. The van der Waals surface area contributed by atoms with E-state index in [0.717, 1.165) is 69.8 Å². The minimum Gasteiger partial charge on any atom is -0.376 e. The molecular weight excluding hydrogens is 268 g/mol. The van der Waals surface area contributed by atoms with Crippen molar-refractivity contribution in [2.45, 2.75) is 20.0 Å². The van der Waals surface area contributed by atoms with Crippen molar-refractivity contribution in [1.29, 1.82) is 0 Å². The van der Waals surface area contributed by atoms with Gasteiger partial charge < -0.3 is 14.4 Å². The summed E-state index contributed by atoms with van der Waals surface area (Å²) in [5, 5.41) is 0. The van der Waals surface area contributed by atoms with Gasteiger partial charge >= 0.3 is 0 Å². The Balaban J connectivity index is 1.53. The molecule has 6 heteroatoms. The van der Waals surface area contributed by atoms with Gasteiger partial charge in [0.25, 0.3) is 0 Å². The Labute approximate surface area is 126 Å². The molecule has 0 N–H and O–H groups in total. The molecule has 3 rings (SSSR count). The number of aryl methyl sites for hydroxylation is 2. The fourth-order valence-electron chi connectivity index (χ4n) is 2.90. The predicted octanol–water partition coefficient (Wildman–Crippen LogP) is 0.631. The first-order valence-electron chi connectivity index (χ1n) is 7.69. The van der Waals surface area contributed by atoms with E-state index in [1.54, 1.807) is 0 Å². The van der Waals surface area contributed by atoms with E-state index in [1.807, 2.05) is 20.0 Å². The second kappa shape index (κ2) is 6.68. The van der Waals surface area contributed by atoms with E-state index < -0.39 is 0 Å². The molecule has 0 aliphatic carbocycles. The molecule has 0 bridgehead atoms. The van der Waals surface area contributed by atoms with Gasteiger partial charge in [-0.1, -0.05) is 0 Å². The molecule has 1 atom stereocenters. The zero-order valence-corrected chi connectivity index (χ0v) is 12.9. The van der Waals surface area contributed by atoms with E-state index in [4.69, 9.17) is 9.47 Å². The summed E-state index contributed by atoms with van der Waals surface area (Å²) in [4.78, 5) is 13.8. The predicted molar refractivity (Wildman–Crippen MR) is 80.7 cm³/mol. The number of nitrogens with zero attached hydrogens (tertiary/aromatic N) is 4. The summed E-state index contributed by atoms with van der Waals surface area (Å²) in [6.45, 7) is 11.2. The van der Waals surface area contributed by atoms with Crippen LogP contribution in [0.2, 0.25) is 0 Å². The van der Waals surface area contributed by atoms with Crippen molar-refractivity contribution in [1.82, 2.24) is 14.9 Å². The SMILES string of the molecule is Cc1cnc(C)c(N2CCN(CC3COCCO3)CC2)n1. The standard InChI is InChI=1S/C15H24N4O2/c1-12-9-16-13(2)15(17-12)19-5-3-18(4-6-19)10-14-11-20-7-8-21-14/h9,14H,3-8,10-11H2,1-2H3. The van der Waals surface area contributed by atoms with E-state index in [-0.39, 0.29) is 6.10 Å². The highest BCUT2D eigenvalue weighted by atomic mass is 16.6. The number of ether oxygens (including phenoxy) is 2. The van der Waals surface area contributed by atoms with Gasteiger partial charge in [0.2, 0.25) is 0 Å². The number of hydrogen-bond acceptors (Lipinski definition) is 6. The van der Waals surface area contributed by atoms with Crippen LogP contribution >= 0.6 is 0 Å². The van der Waals surface area contributed by atoms with Crippen molar-refractivity contribution in [3.05, 3.63) is 17.6 Å². The zero-order chi connectivity index (χ0) is 14.7. The first kappa shape index (κ1) is 14.7. The summed E-state index contributed by atoms with van der Waals surface area (Å²) >= 11 is 0. The molecule has 6 nitrogen and oxygen atoms in total. The topological polar surface area (TPSA) is 50.7 Å². The van der Waals surface area contributed by atoms with Gasteiger partial charge in [0.05, 0.1) is 37.3 Å². The molecule has 0 radical (unpaired) electrons. The maximum absolute atomic E-state index is 5.72.